The summed E-state index contributed by atoms with van der Waals surface area (Å²) in [5.41, 5.74) is 1.11. The molecule has 3 aliphatic carbocycles. The molecule has 2 saturated carbocycles. The van der Waals surface area contributed by atoms with Gasteiger partial charge in [0.1, 0.15) is 18.3 Å². The number of esters is 2. The Morgan fingerprint density at radius 1 is 1.19 bits per heavy atom. The number of hydrogen-bond donors (Lipinski definition) is 0. The summed E-state index contributed by atoms with van der Waals surface area (Å²) in [5.74, 6) is -0.0572. The number of ether oxygens (including phenoxy) is 3. The lowest BCUT2D eigenvalue weighted by Gasteiger charge is -2.64. The van der Waals surface area contributed by atoms with Crippen molar-refractivity contribution in [1.82, 2.24) is 0 Å². The SMILES string of the molecule is CC(=O)O[C@@H]1C[C@H]2C(C)(C)CCC[C@]2(C)[C@@]23O[C@@H]2CC2=C(COC2=O)[C@]13C. The normalized spacial score (nSPS) is 49.4. The number of epoxide rings is 1. The van der Waals surface area contributed by atoms with Gasteiger partial charge in [-0.3, -0.25) is 4.79 Å². The zero-order chi connectivity index (χ0) is 19.4. The summed E-state index contributed by atoms with van der Waals surface area (Å²) in [6.45, 7) is 11.1. The Kier molecular flexibility index (Phi) is 3.26. The molecule has 6 atom stereocenters. The number of hydrogen-bond acceptors (Lipinski definition) is 5. The Morgan fingerprint density at radius 2 is 1.93 bits per heavy atom. The maximum Gasteiger partial charge on any atom is 0.334 e. The minimum atomic E-state index is -0.498. The third kappa shape index (κ3) is 1.85. The summed E-state index contributed by atoms with van der Waals surface area (Å²) in [6.07, 6.45) is 4.70. The van der Waals surface area contributed by atoms with Gasteiger partial charge < -0.3 is 14.2 Å². The fourth-order valence-electron chi connectivity index (χ4n) is 7.84. The van der Waals surface area contributed by atoms with E-state index in [1.807, 2.05) is 0 Å². The van der Waals surface area contributed by atoms with Crippen LogP contribution in [0.1, 0.15) is 66.7 Å². The van der Waals surface area contributed by atoms with Crippen LogP contribution in [0.3, 0.4) is 0 Å². The van der Waals surface area contributed by atoms with E-state index in [9.17, 15) is 9.59 Å². The number of carbonyl (C=O) groups excluding carboxylic acids is 2. The fourth-order valence-corrected chi connectivity index (χ4v) is 7.84. The van der Waals surface area contributed by atoms with E-state index in [4.69, 9.17) is 14.2 Å². The van der Waals surface area contributed by atoms with Gasteiger partial charge in [0.25, 0.3) is 0 Å². The molecule has 0 aromatic heterocycles. The molecule has 0 amide bonds. The lowest BCUT2D eigenvalue weighted by molar-refractivity contribution is -0.200. The lowest BCUT2D eigenvalue weighted by Crippen LogP contribution is -2.68. The Morgan fingerprint density at radius 3 is 2.63 bits per heavy atom. The molecule has 0 bridgehead atoms. The van der Waals surface area contributed by atoms with Crippen molar-refractivity contribution in [3.05, 3.63) is 11.1 Å². The molecular formula is C22H30O5. The number of rotatable bonds is 1. The van der Waals surface area contributed by atoms with Crippen molar-refractivity contribution >= 4 is 11.9 Å². The van der Waals surface area contributed by atoms with Crippen LogP contribution < -0.4 is 0 Å². The van der Waals surface area contributed by atoms with Crippen LogP contribution in [0, 0.1) is 22.2 Å². The van der Waals surface area contributed by atoms with E-state index in [2.05, 4.69) is 27.7 Å². The molecule has 2 heterocycles. The Bertz CT molecular complexity index is 782. The highest BCUT2D eigenvalue weighted by Gasteiger charge is 2.84. The minimum Gasteiger partial charge on any atom is -0.462 e. The van der Waals surface area contributed by atoms with Crippen LogP contribution in [0.4, 0.5) is 0 Å². The van der Waals surface area contributed by atoms with Crippen LogP contribution >= 0.6 is 0 Å². The maximum atomic E-state index is 12.3. The topological polar surface area (TPSA) is 65.1 Å². The highest BCUT2D eigenvalue weighted by atomic mass is 16.6. The van der Waals surface area contributed by atoms with Gasteiger partial charge in [0.15, 0.2) is 0 Å². The second-order valence-electron chi connectivity index (χ2n) is 10.4. The summed E-state index contributed by atoms with van der Waals surface area (Å²) in [7, 11) is 0. The van der Waals surface area contributed by atoms with Gasteiger partial charge >= 0.3 is 11.9 Å². The number of carbonyl (C=O) groups is 2. The first kappa shape index (κ1) is 17.7. The van der Waals surface area contributed by atoms with Crippen molar-refractivity contribution < 1.29 is 23.8 Å². The van der Waals surface area contributed by atoms with Crippen molar-refractivity contribution in [3.8, 4) is 0 Å². The summed E-state index contributed by atoms with van der Waals surface area (Å²) in [4.78, 5) is 24.4. The zero-order valence-electron chi connectivity index (χ0n) is 17.0. The number of fused-ring (bicyclic) bond motifs is 2. The standard InChI is InChI=1S/C22H30O5/c1-12(23)26-16-10-15-19(2,3)7-6-8-20(15,4)22-17(27-22)9-13-14(21(16,22)5)11-25-18(13)24/h15-17H,6-11H2,1-5H3/t15-,16+,17+,20-,21+,22-/m0/s1. The predicted octanol–water partition coefficient (Wildman–Crippen LogP) is 3.56. The monoisotopic (exact) mass is 374 g/mol. The summed E-state index contributed by atoms with van der Waals surface area (Å²) >= 11 is 0. The lowest BCUT2D eigenvalue weighted by atomic mass is 9.39. The third-order valence-corrected chi connectivity index (χ3v) is 8.95. The van der Waals surface area contributed by atoms with Gasteiger partial charge in [-0.2, -0.15) is 0 Å². The molecule has 5 heteroatoms. The summed E-state index contributed by atoms with van der Waals surface area (Å²) in [5, 5.41) is 0. The van der Waals surface area contributed by atoms with E-state index >= 15 is 0 Å². The average molecular weight is 374 g/mol. The molecule has 0 aromatic rings. The molecule has 1 saturated heterocycles. The first-order valence-corrected chi connectivity index (χ1v) is 10.3. The third-order valence-electron chi connectivity index (χ3n) is 8.95. The van der Waals surface area contributed by atoms with Gasteiger partial charge in [0.05, 0.1) is 11.5 Å². The van der Waals surface area contributed by atoms with Gasteiger partial charge in [0.2, 0.25) is 0 Å². The fraction of sp³-hybridized carbons (Fsp3) is 0.818. The van der Waals surface area contributed by atoms with Gasteiger partial charge in [-0.05, 0) is 43.1 Å². The Hall–Kier alpha value is -1.36. The maximum absolute atomic E-state index is 12.3. The molecule has 148 valence electrons. The van der Waals surface area contributed by atoms with E-state index in [1.165, 1.54) is 19.8 Å². The van der Waals surface area contributed by atoms with E-state index in [-0.39, 0.29) is 40.6 Å². The van der Waals surface area contributed by atoms with Gasteiger partial charge in [-0.1, -0.05) is 27.2 Å². The molecule has 5 rings (SSSR count). The van der Waals surface area contributed by atoms with Crippen molar-refractivity contribution in [1.29, 1.82) is 0 Å². The van der Waals surface area contributed by atoms with Crippen molar-refractivity contribution in [3.63, 3.8) is 0 Å². The highest BCUT2D eigenvalue weighted by molar-refractivity contribution is 5.93. The summed E-state index contributed by atoms with van der Waals surface area (Å²) < 4.78 is 18.0. The Balaban J connectivity index is 1.71. The first-order chi connectivity index (χ1) is 12.6. The molecule has 5 nitrogen and oxygen atoms in total. The molecule has 0 aromatic carbocycles. The average Bonchev–Trinajstić information content (AvgIpc) is 3.20. The van der Waals surface area contributed by atoms with Gasteiger partial charge in [-0.15, -0.1) is 0 Å². The second kappa shape index (κ2) is 4.97. The predicted molar refractivity (Wildman–Crippen MR) is 97.7 cm³/mol. The summed E-state index contributed by atoms with van der Waals surface area (Å²) in [6, 6.07) is 0. The van der Waals surface area contributed by atoms with Gasteiger partial charge in [0, 0.05) is 24.3 Å². The second-order valence-corrected chi connectivity index (χ2v) is 10.4. The van der Waals surface area contributed by atoms with E-state index in [0.29, 0.717) is 18.9 Å². The Labute approximate surface area is 160 Å². The van der Waals surface area contributed by atoms with Gasteiger partial charge in [-0.25, -0.2) is 4.79 Å². The van der Waals surface area contributed by atoms with Crippen LogP contribution in [0.25, 0.3) is 0 Å². The van der Waals surface area contributed by atoms with Crippen molar-refractivity contribution in [2.45, 2.75) is 84.5 Å². The molecular weight excluding hydrogens is 344 g/mol. The van der Waals surface area contributed by atoms with Crippen LogP contribution in [-0.2, 0) is 23.8 Å². The van der Waals surface area contributed by atoms with Crippen LogP contribution in [0.5, 0.6) is 0 Å². The molecule has 0 radical (unpaired) electrons. The molecule has 0 N–H and O–H groups in total. The smallest absolute Gasteiger partial charge is 0.334 e. The van der Waals surface area contributed by atoms with Crippen molar-refractivity contribution in [2.24, 2.45) is 22.2 Å². The zero-order valence-corrected chi connectivity index (χ0v) is 17.0. The minimum absolute atomic E-state index is 0.00891. The van der Waals surface area contributed by atoms with Crippen LogP contribution in [0.2, 0.25) is 0 Å². The molecule has 0 unspecified atom stereocenters. The largest absolute Gasteiger partial charge is 0.462 e. The molecule has 3 fully saturated rings. The van der Waals surface area contributed by atoms with Crippen molar-refractivity contribution in [2.75, 3.05) is 6.61 Å². The van der Waals surface area contributed by atoms with E-state index in [1.54, 1.807) is 0 Å². The first-order valence-electron chi connectivity index (χ1n) is 10.3. The van der Waals surface area contributed by atoms with Crippen LogP contribution in [0.15, 0.2) is 11.1 Å². The van der Waals surface area contributed by atoms with E-state index in [0.717, 1.165) is 24.0 Å². The molecule has 5 aliphatic rings. The number of cyclic esters (lactones) is 1. The van der Waals surface area contributed by atoms with Crippen LogP contribution in [-0.4, -0.2) is 36.4 Å². The highest BCUT2D eigenvalue weighted by Crippen LogP contribution is 2.78. The molecule has 2 aliphatic heterocycles. The quantitative estimate of drug-likeness (QED) is 0.519. The van der Waals surface area contributed by atoms with E-state index < -0.39 is 5.41 Å². The molecule has 27 heavy (non-hydrogen) atoms. The molecule has 1 spiro atoms.